The van der Waals surface area contributed by atoms with Crippen LogP contribution in [0.25, 0.3) is 0 Å². The second-order valence-electron chi connectivity index (χ2n) is 4.31. The van der Waals surface area contributed by atoms with Crippen molar-refractivity contribution in [3.63, 3.8) is 0 Å². The number of ether oxygens (including phenoxy) is 1. The molecule has 0 bridgehead atoms. The zero-order chi connectivity index (χ0) is 14.7. The van der Waals surface area contributed by atoms with E-state index in [4.69, 9.17) is 4.74 Å². The zero-order valence-corrected chi connectivity index (χ0v) is 11.2. The normalized spacial score (nSPS) is 10.1. The molecule has 0 radical (unpaired) electrons. The molecule has 5 heteroatoms. The number of phenols is 2. The predicted molar refractivity (Wildman–Crippen MR) is 75.5 cm³/mol. The van der Waals surface area contributed by atoms with Crippen LogP contribution >= 0.6 is 0 Å². The third kappa shape index (κ3) is 2.66. The first-order valence-electron chi connectivity index (χ1n) is 6.00. The van der Waals surface area contributed by atoms with Crippen molar-refractivity contribution in [3.8, 4) is 17.2 Å². The molecule has 2 aromatic carbocycles. The van der Waals surface area contributed by atoms with Crippen LogP contribution in [0.4, 0.5) is 5.69 Å². The van der Waals surface area contributed by atoms with Crippen LogP contribution in [0.5, 0.6) is 17.2 Å². The van der Waals surface area contributed by atoms with Crippen LogP contribution in [-0.4, -0.2) is 23.2 Å². The number of hydrogen-bond acceptors (Lipinski definition) is 4. The maximum Gasteiger partial charge on any atom is 0.259 e. The smallest absolute Gasteiger partial charge is 0.259 e. The van der Waals surface area contributed by atoms with Gasteiger partial charge in [-0.2, -0.15) is 0 Å². The fourth-order valence-corrected chi connectivity index (χ4v) is 1.87. The maximum absolute atomic E-state index is 12.0. The van der Waals surface area contributed by atoms with E-state index in [2.05, 4.69) is 5.32 Å². The van der Waals surface area contributed by atoms with Gasteiger partial charge in [-0.15, -0.1) is 0 Å². The van der Waals surface area contributed by atoms with Gasteiger partial charge in [0, 0.05) is 5.69 Å². The average molecular weight is 273 g/mol. The molecule has 0 fully saturated rings. The Labute approximate surface area is 116 Å². The van der Waals surface area contributed by atoms with Crippen LogP contribution in [0.15, 0.2) is 36.4 Å². The number of amides is 1. The van der Waals surface area contributed by atoms with E-state index in [0.29, 0.717) is 5.69 Å². The number of carbonyl (C=O) groups excluding carboxylic acids is 1. The van der Waals surface area contributed by atoms with Gasteiger partial charge in [-0.1, -0.05) is 6.07 Å². The summed E-state index contributed by atoms with van der Waals surface area (Å²) in [4.78, 5) is 12.0. The van der Waals surface area contributed by atoms with Gasteiger partial charge in [-0.05, 0) is 42.8 Å². The summed E-state index contributed by atoms with van der Waals surface area (Å²) in [5.41, 5.74) is 1.47. The van der Waals surface area contributed by atoms with Gasteiger partial charge in [0.25, 0.3) is 5.91 Å². The second-order valence-corrected chi connectivity index (χ2v) is 4.31. The van der Waals surface area contributed by atoms with E-state index in [1.807, 2.05) is 6.92 Å². The SMILES string of the molecule is COc1ccc(NC(=O)c2cccc(O)c2O)cc1C. The lowest BCUT2D eigenvalue weighted by molar-refractivity contribution is 0.102. The molecule has 104 valence electrons. The molecular weight excluding hydrogens is 258 g/mol. The van der Waals surface area contributed by atoms with Gasteiger partial charge in [0.05, 0.1) is 12.7 Å². The largest absolute Gasteiger partial charge is 0.504 e. The van der Waals surface area contributed by atoms with Crippen LogP contribution in [-0.2, 0) is 0 Å². The standard InChI is InChI=1S/C15H15NO4/c1-9-8-10(6-7-13(9)20-2)16-15(19)11-4-3-5-12(17)14(11)18/h3-8,17-18H,1-2H3,(H,16,19). The number of benzene rings is 2. The van der Waals surface area contributed by atoms with Crippen LogP contribution in [0.1, 0.15) is 15.9 Å². The number of nitrogens with one attached hydrogen (secondary N) is 1. The summed E-state index contributed by atoms with van der Waals surface area (Å²) in [6.45, 7) is 1.86. The molecule has 0 heterocycles. The van der Waals surface area contributed by atoms with Crippen molar-refractivity contribution in [3.05, 3.63) is 47.5 Å². The molecular formula is C15H15NO4. The molecule has 0 spiro atoms. The minimum atomic E-state index is -0.497. The average Bonchev–Trinajstić information content (AvgIpc) is 2.42. The highest BCUT2D eigenvalue weighted by atomic mass is 16.5. The lowest BCUT2D eigenvalue weighted by atomic mass is 10.1. The van der Waals surface area contributed by atoms with Crippen molar-refractivity contribution < 1.29 is 19.7 Å². The molecule has 0 aromatic heterocycles. The first kappa shape index (κ1) is 13.7. The summed E-state index contributed by atoms with van der Waals surface area (Å²) in [6.07, 6.45) is 0. The molecule has 5 nitrogen and oxygen atoms in total. The Morgan fingerprint density at radius 3 is 2.60 bits per heavy atom. The Bertz CT molecular complexity index is 652. The van der Waals surface area contributed by atoms with E-state index in [0.717, 1.165) is 11.3 Å². The van der Waals surface area contributed by atoms with Gasteiger partial charge >= 0.3 is 0 Å². The molecule has 0 aliphatic carbocycles. The number of rotatable bonds is 3. The highest BCUT2D eigenvalue weighted by Gasteiger charge is 2.14. The van der Waals surface area contributed by atoms with E-state index in [-0.39, 0.29) is 11.3 Å². The van der Waals surface area contributed by atoms with Crippen molar-refractivity contribution in [2.75, 3.05) is 12.4 Å². The number of methoxy groups -OCH3 is 1. The molecule has 2 aromatic rings. The molecule has 0 unspecified atom stereocenters. The third-order valence-corrected chi connectivity index (χ3v) is 2.91. The van der Waals surface area contributed by atoms with Gasteiger partial charge in [-0.3, -0.25) is 4.79 Å². The van der Waals surface area contributed by atoms with Crippen LogP contribution in [0.2, 0.25) is 0 Å². The Hall–Kier alpha value is -2.69. The van der Waals surface area contributed by atoms with E-state index < -0.39 is 11.7 Å². The summed E-state index contributed by atoms with van der Waals surface area (Å²) < 4.78 is 5.14. The van der Waals surface area contributed by atoms with Gasteiger partial charge in [0.15, 0.2) is 11.5 Å². The monoisotopic (exact) mass is 273 g/mol. The quantitative estimate of drug-likeness (QED) is 0.751. The molecule has 20 heavy (non-hydrogen) atoms. The third-order valence-electron chi connectivity index (χ3n) is 2.91. The fourth-order valence-electron chi connectivity index (χ4n) is 1.87. The topological polar surface area (TPSA) is 78.8 Å². The van der Waals surface area contributed by atoms with Crippen molar-refractivity contribution >= 4 is 11.6 Å². The number of carbonyl (C=O) groups is 1. The van der Waals surface area contributed by atoms with Crippen LogP contribution in [0.3, 0.4) is 0 Å². The molecule has 1 amide bonds. The summed E-state index contributed by atoms with van der Waals surface area (Å²) in [5.74, 6) is -0.537. The first-order valence-corrected chi connectivity index (χ1v) is 6.00. The molecule has 0 atom stereocenters. The fraction of sp³-hybridized carbons (Fsp3) is 0.133. The van der Waals surface area contributed by atoms with Crippen molar-refractivity contribution in [2.45, 2.75) is 6.92 Å². The minimum absolute atomic E-state index is 0.0125. The molecule has 0 saturated carbocycles. The maximum atomic E-state index is 12.0. The van der Waals surface area contributed by atoms with Crippen molar-refractivity contribution in [1.82, 2.24) is 0 Å². The Morgan fingerprint density at radius 1 is 1.20 bits per heavy atom. The van der Waals surface area contributed by atoms with E-state index in [1.165, 1.54) is 18.2 Å². The number of aryl methyl sites for hydroxylation is 1. The van der Waals surface area contributed by atoms with E-state index in [9.17, 15) is 15.0 Å². The van der Waals surface area contributed by atoms with E-state index in [1.54, 1.807) is 25.3 Å². The van der Waals surface area contributed by atoms with Crippen molar-refractivity contribution in [1.29, 1.82) is 0 Å². The highest BCUT2D eigenvalue weighted by Crippen LogP contribution is 2.29. The van der Waals surface area contributed by atoms with Gasteiger partial charge in [0.2, 0.25) is 0 Å². The summed E-state index contributed by atoms with van der Waals surface area (Å²) in [7, 11) is 1.57. The van der Waals surface area contributed by atoms with Gasteiger partial charge in [0.1, 0.15) is 5.75 Å². The number of anilines is 1. The number of para-hydroxylation sites is 1. The number of phenolic OH excluding ortho intramolecular Hbond substituents is 2. The zero-order valence-electron chi connectivity index (χ0n) is 11.2. The molecule has 0 saturated heterocycles. The lowest BCUT2D eigenvalue weighted by Gasteiger charge is -2.10. The second kappa shape index (κ2) is 5.52. The summed E-state index contributed by atoms with van der Waals surface area (Å²) in [5, 5.41) is 21.7. The van der Waals surface area contributed by atoms with Gasteiger partial charge in [-0.25, -0.2) is 0 Å². The highest BCUT2D eigenvalue weighted by molar-refractivity contribution is 6.06. The molecule has 0 aliphatic rings. The summed E-state index contributed by atoms with van der Waals surface area (Å²) >= 11 is 0. The van der Waals surface area contributed by atoms with Crippen LogP contribution < -0.4 is 10.1 Å². The number of aromatic hydroxyl groups is 2. The first-order chi connectivity index (χ1) is 9.52. The Balaban J connectivity index is 2.24. The number of hydrogen-bond donors (Lipinski definition) is 3. The van der Waals surface area contributed by atoms with E-state index >= 15 is 0 Å². The van der Waals surface area contributed by atoms with Gasteiger partial charge < -0.3 is 20.3 Å². The Morgan fingerprint density at radius 2 is 1.95 bits per heavy atom. The predicted octanol–water partition coefficient (Wildman–Crippen LogP) is 2.67. The summed E-state index contributed by atoms with van der Waals surface area (Å²) in [6, 6.07) is 9.43. The lowest BCUT2D eigenvalue weighted by Crippen LogP contribution is -2.12. The van der Waals surface area contributed by atoms with Crippen LogP contribution in [0, 0.1) is 6.92 Å². The molecule has 2 rings (SSSR count). The molecule has 0 aliphatic heterocycles. The Kier molecular flexibility index (Phi) is 3.79. The minimum Gasteiger partial charge on any atom is -0.504 e. The van der Waals surface area contributed by atoms with Crippen molar-refractivity contribution in [2.24, 2.45) is 0 Å². The molecule has 3 N–H and O–H groups in total.